The Morgan fingerprint density at radius 3 is 1.15 bits per heavy atom. The molecule has 0 atom stereocenters. The summed E-state index contributed by atoms with van der Waals surface area (Å²) in [5.74, 6) is 0. The van der Waals surface area contributed by atoms with Crippen molar-refractivity contribution >= 4 is 52.6 Å². The van der Waals surface area contributed by atoms with Crippen molar-refractivity contribution in [3.05, 3.63) is 157 Å². The average Bonchev–Trinajstić information content (AvgIpc) is 3.66. The molecule has 8 aromatic rings. The summed E-state index contributed by atoms with van der Waals surface area (Å²) in [6.45, 7) is 8.62. The number of rotatable bonds is 2. The van der Waals surface area contributed by atoms with Crippen molar-refractivity contribution in [3.8, 4) is 22.3 Å². The first-order chi connectivity index (χ1) is 22.5. The van der Waals surface area contributed by atoms with Crippen LogP contribution in [-0.4, -0.2) is 9.52 Å². The van der Waals surface area contributed by atoms with Gasteiger partial charge in [0, 0.05) is 9.52 Å². The van der Waals surface area contributed by atoms with Gasteiger partial charge in [0.2, 0.25) is 0 Å². The van der Waals surface area contributed by atoms with Crippen LogP contribution in [0.5, 0.6) is 0 Å². The van der Waals surface area contributed by atoms with Crippen LogP contribution >= 0.6 is 0 Å². The third-order valence-corrected chi connectivity index (χ3v) is 7.95. The van der Waals surface area contributed by atoms with Gasteiger partial charge in [-0.1, -0.05) is 135 Å². The third kappa shape index (κ3) is 7.52. The molecule has 46 heavy (non-hydrogen) atoms. The average molecular weight is 698 g/mol. The van der Waals surface area contributed by atoms with Crippen molar-refractivity contribution < 1.29 is 29.7 Å². The van der Waals surface area contributed by atoms with Crippen LogP contribution < -0.4 is 0 Å². The first-order valence-electron chi connectivity index (χ1n) is 15.3. The summed E-state index contributed by atoms with van der Waals surface area (Å²) in [5.41, 5.74) is 7.94. The maximum absolute atomic E-state index is 9.80. The van der Waals surface area contributed by atoms with Crippen molar-refractivity contribution in [1.82, 2.24) is 0 Å². The second-order valence-corrected chi connectivity index (χ2v) is 12.7. The van der Waals surface area contributed by atoms with E-state index in [2.05, 4.69) is 173 Å². The molecule has 0 saturated heterocycles. The van der Waals surface area contributed by atoms with Gasteiger partial charge >= 0.3 is 29.7 Å². The van der Waals surface area contributed by atoms with Crippen LogP contribution in [0.1, 0.15) is 11.1 Å². The van der Waals surface area contributed by atoms with Crippen LogP contribution in [0.4, 0.5) is 5.25 Å². The van der Waals surface area contributed by atoms with Crippen molar-refractivity contribution in [2.75, 3.05) is 0 Å². The third-order valence-electron chi connectivity index (χ3n) is 7.95. The van der Waals surface area contributed by atoms with E-state index in [-0.39, 0.29) is 0 Å². The Bertz CT molecular complexity index is 2020. The van der Waals surface area contributed by atoms with Crippen LogP contribution in [0.3, 0.4) is 0 Å². The molecule has 4 heteroatoms. The van der Waals surface area contributed by atoms with Crippen LogP contribution in [0, 0.1) is 13.8 Å². The summed E-state index contributed by atoms with van der Waals surface area (Å²) < 4.78 is 19.6. The molecule has 0 fully saturated rings. The molecule has 8 rings (SSSR count). The topological polar surface area (TPSA) is 0 Å². The number of aryl methyl sites for hydroxylation is 2. The zero-order valence-corrected chi connectivity index (χ0v) is 30.1. The minimum atomic E-state index is -2.77. The fraction of sp³-hybridized carbons (Fsp3) is 0.0952. The van der Waals surface area contributed by atoms with E-state index in [1.54, 1.807) is 0 Å². The van der Waals surface area contributed by atoms with Gasteiger partial charge in [0.1, 0.15) is 0 Å². The Kier molecular flexibility index (Phi) is 11.6. The van der Waals surface area contributed by atoms with E-state index in [0.29, 0.717) is 0 Å². The Morgan fingerprint density at radius 2 is 0.761 bits per heavy atom. The first-order valence-corrected chi connectivity index (χ1v) is 19.2. The molecule has 0 amide bonds. The zero-order valence-electron chi connectivity index (χ0n) is 26.6. The standard InChI is InChI=1S/2C20H15.C2H6Si.2FH.Zr/c2*1-14-12-16-8-5-11-19(20(16)13-14)18-10-4-7-15-6-2-3-9-17(15)18;1-3-2;;;/h2*2-13H,1H3;1-2H3;2*1H;/q2*-1;;;;+4/p-2. The van der Waals surface area contributed by atoms with E-state index < -0.39 is 24.5 Å². The minimum absolute atomic E-state index is 1.08. The SMILES string of the molecule is C[Si]C.Cc1cc2c(-c3cccc4ccccc34)cccc2[cH-]1.Cc1cc2c(-c3cccc4ccccc34)cccc2[cH-]1.[F][Zr+2][F]. The van der Waals surface area contributed by atoms with Crippen LogP contribution in [0.15, 0.2) is 146 Å². The monoisotopic (exact) mass is 696 g/mol. The molecular weight excluding hydrogens is 662 g/mol. The Balaban J connectivity index is 0.000000155. The van der Waals surface area contributed by atoms with Gasteiger partial charge in [-0.3, -0.25) is 0 Å². The fourth-order valence-electron chi connectivity index (χ4n) is 6.16. The molecule has 8 aromatic carbocycles. The van der Waals surface area contributed by atoms with E-state index in [4.69, 9.17) is 0 Å². The van der Waals surface area contributed by atoms with Crippen molar-refractivity contribution in [2.24, 2.45) is 0 Å². The second kappa shape index (κ2) is 16.0. The molecule has 2 radical (unpaired) electrons. The molecule has 0 aliphatic carbocycles. The summed E-state index contributed by atoms with van der Waals surface area (Å²) in [6.07, 6.45) is 0. The van der Waals surface area contributed by atoms with Gasteiger partial charge in [-0.05, 0) is 32.7 Å². The van der Waals surface area contributed by atoms with E-state index in [9.17, 15) is 5.25 Å². The van der Waals surface area contributed by atoms with Gasteiger partial charge in [-0.25, -0.2) is 0 Å². The van der Waals surface area contributed by atoms with Crippen molar-refractivity contribution in [1.29, 1.82) is 0 Å². The van der Waals surface area contributed by atoms with Gasteiger partial charge < -0.3 is 0 Å². The Morgan fingerprint density at radius 1 is 0.457 bits per heavy atom. The van der Waals surface area contributed by atoms with E-state index in [1.165, 1.54) is 76.5 Å². The Labute approximate surface area is 286 Å². The second-order valence-electron chi connectivity index (χ2n) is 11.3. The molecule has 226 valence electrons. The van der Waals surface area contributed by atoms with Gasteiger partial charge in [0.25, 0.3) is 0 Å². The van der Waals surface area contributed by atoms with Crippen LogP contribution in [0.25, 0.3) is 65.3 Å². The van der Waals surface area contributed by atoms with Gasteiger partial charge in [0.05, 0.1) is 0 Å². The zero-order chi connectivity index (χ0) is 32.5. The Hall–Kier alpha value is -3.98. The quantitative estimate of drug-likeness (QED) is 0.125. The summed E-state index contributed by atoms with van der Waals surface area (Å²) in [7, 11) is 1.08. The van der Waals surface area contributed by atoms with Gasteiger partial charge in [0.15, 0.2) is 0 Å². The predicted octanol–water partition coefficient (Wildman–Crippen LogP) is 13.0. The normalized spacial score (nSPS) is 10.4. The molecule has 0 aliphatic heterocycles. The van der Waals surface area contributed by atoms with Gasteiger partial charge in [-0.2, -0.15) is 12.1 Å². The van der Waals surface area contributed by atoms with Crippen molar-refractivity contribution in [3.63, 3.8) is 0 Å². The first kappa shape index (κ1) is 33.4. The fourth-order valence-corrected chi connectivity index (χ4v) is 6.16. The molecule has 0 heterocycles. The molecule has 0 N–H and O–H groups in total. The molecule has 0 bridgehead atoms. The molecule has 0 spiro atoms. The summed E-state index contributed by atoms with van der Waals surface area (Å²) in [6, 6.07) is 52.5. The summed E-state index contributed by atoms with van der Waals surface area (Å²) in [4.78, 5) is 0. The number of hydrogen-bond acceptors (Lipinski definition) is 0. The molecule has 0 saturated carbocycles. The number of halogens is 2. The van der Waals surface area contributed by atoms with E-state index in [1.807, 2.05) is 0 Å². The van der Waals surface area contributed by atoms with Gasteiger partial charge in [-0.15, -0.1) is 69.1 Å². The summed E-state index contributed by atoms with van der Waals surface area (Å²) >= 11 is -2.77. The van der Waals surface area contributed by atoms with E-state index in [0.717, 1.165) is 9.52 Å². The predicted molar refractivity (Wildman–Crippen MR) is 194 cm³/mol. The summed E-state index contributed by atoms with van der Waals surface area (Å²) in [5, 5.41) is 10.6. The molecule has 0 aliphatic rings. The molecule has 0 unspecified atom stereocenters. The van der Waals surface area contributed by atoms with Crippen molar-refractivity contribution in [2.45, 2.75) is 26.9 Å². The number of fused-ring (bicyclic) bond motifs is 4. The maximum atomic E-state index is 9.80. The van der Waals surface area contributed by atoms with Crippen LogP contribution in [0.2, 0.25) is 13.1 Å². The number of benzene rings is 6. The van der Waals surface area contributed by atoms with E-state index >= 15 is 0 Å². The van der Waals surface area contributed by atoms with Crippen LogP contribution in [-0.2, 0) is 24.5 Å². The molecule has 0 aromatic heterocycles. The molecule has 0 nitrogen and oxygen atoms in total. The molecular formula is C42H36F2SiZr. The number of hydrogen-bond donors (Lipinski definition) is 0.